The van der Waals surface area contributed by atoms with Crippen molar-refractivity contribution in [2.24, 2.45) is 0 Å². The van der Waals surface area contributed by atoms with Crippen LogP contribution in [-0.4, -0.2) is 23.8 Å². The second kappa shape index (κ2) is 5.66. The summed E-state index contributed by atoms with van der Waals surface area (Å²) in [4.78, 5) is 11.2. The SMILES string of the molecule is COC(=O)C(C)(O)CCCc1ccccc1. The lowest BCUT2D eigenvalue weighted by Crippen LogP contribution is -2.36. The molecule has 0 aliphatic rings. The van der Waals surface area contributed by atoms with Crippen LogP contribution in [0.3, 0.4) is 0 Å². The Hall–Kier alpha value is -1.35. The minimum atomic E-state index is -1.37. The van der Waals surface area contributed by atoms with Gasteiger partial charge in [0.15, 0.2) is 5.60 Å². The van der Waals surface area contributed by atoms with Crippen molar-refractivity contribution in [1.82, 2.24) is 0 Å². The van der Waals surface area contributed by atoms with Crippen molar-refractivity contribution in [3.05, 3.63) is 35.9 Å². The molecule has 88 valence electrons. The molecule has 0 fully saturated rings. The molecule has 1 unspecified atom stereocenters. The van der Waals surface area contributed by atoms with Gasteiger partial charge in [-0.1, -0.05) is 30.3 Å². The van der Waals surface area contributed by atoms with Crippen molar-refractivity contribution in [2.45, 2.75) is 31.8 Å². The first kappa shape index (κ1) is 12.7. The first-order valence-corrected chi connectivity index (χ1v) is 5.41. The minimum absolute atomic E-state index is 0.411. The molecule has 1 atom stereocenters. The van der Waals surface area contributed by atoms with E-state index in [4.69, 9.17) is 0 Å². The molecule has 0 amide bonds. The highest BCUT2D eigenvalue weighted by Crippen LogP contribution is 2.16. The van der Waals surface area contributed by atoms with Gasteiger partial charge in [0.05, 0.1) is 7.11 Å². The van der Waals surface area contributed by atoms with Crippen molar-refractivity contribution in [2.75, 3.05) is 7.11 Å². The summed E-state index contributed by atoms with van der Waals surface area (Å²) in [6.45, 7) is 1.49. The van der Waals surface area contributed by atoms with Crippen LogP contribution in [0.15, 0.2) is 30.3 Å². The number of methoxy groups -OCH3 is 1. The largest absolute Gasteiger partial charge is 0.467 e. The summed E-state index contributed by atoms with van der Waals surface area (Å²) in [6, 6.07) is 10.00. The van der Waals surface area contributed by atoms with E-state index in [1.807, 2.05) is 30.3 Å². The molecule has 0 heterocycles. The van der Waals surface area contributed by atoms with Crippen molar-refractivity contribution < 1.29 is 14.6 Å². The molecule has 0 saturated heterocycles. The number of hydrogen-bond acceptors (Lipinski definition) is 3. The molecule has 1 rings (SSSR count). The number of esters is 1. The minimum Gasteiger partial charge on any atom is -0.467 e. The van der Waals surface area contributed by atoms with Crippen LogP contribution in [-0.2, 0) is 16.0 Å². The normalized spacial score (nSPS) is 14.2. The van der Waals surface area contributed by atoms with E-state index in [9.17, 15) is 9.90 Å². The third kappa shape index (κ3) is 3.66. The van der Waals surface area contributed by atoms with Crippen LogP contribution in [0.1, 0.15) is 25.3 Å². The Morgan fingerprint density at radius 1 is 1.38 bits per heavy atom. The lowest BCUT2D eigenvalue weighted by Gasteiger charge is -2.19. The zero-order valence-corrected chi connectivity index (χ0v) is 9.77. The van der Waals surface area contributed by atoms with Gasteiger partial charge >= 0.3 is 5.97 Å². The molecule has 1 aromatic rings. The summed E-state index contributed by atoms with van der Waals surface area (Å²) in [6.07, 6.45) is 2.02. The van der Waals surface area contributed by atoms with Gasteiger partial charge in [0, 0.05) is 0 Å². The standard InChI is InChI=1S/C13H18O3/c1-13(15,12(14)16-2)10-6-9-11-7-4-3-5-8-11/h3-5,7-8,15H,6,9-10H2,1-2H3. The Morgan fingerprint density at radius 2 is 2.00 bits per heavy atom. The first-order valence-electron chi connectivity index (χ1n) is 5.41. The zero-order valence-electron chi connectivity index (χ0n) is 9.77. The molecule has 0 radical (unpaired) electrons. The van der Waals surface area contributed by atoms with Crippen molar-refractivity contribution in [3.8, 4) is 0 Å². The molecular formula is C13H18O3. The van der Waals surface area contributed by atoms with E-state index in [2.05, 4.69) is 4.74 Å². The molecule has 16 heavy (non-hydrogen) atoms. The molecule has 0 saturated carbocycles. The van der Waals surface area contributed by atoms with Gasteiger partial charge in [-0.3, -0.25) is 0 Å². The lowest BCUT2D eigenvalue weighted by molar-refractivity contribution is -0.161. The Bertz CT molecular complexity index is 330. The highest BCUT2D eigenvalue weighted by Gasteiger charge is 2.30. The van der Waals surface area contributed by atoms with Gasteiger partial charge in [0.1, 0.15) is 0 Å². The van der Waals surface area contributed by atoms with Gasteiger partial charge in [-0.05, 0) is 31.7 Å². The van der Waals surface area contributed by atoms with Crippen LogP contribution in [0.4, 0.5) is 0 Å². The van der Waals surface area contributed by atoms with E-state index in [0.29, 0.717) is 6.42 Å². The van der Waals surface area contributed by atoms with Crippen LogP contribution >= 0.6 is 0 Å². The number of aryl methyl sites for hydroxylation is 1. The third-order valence-corrected chi connectivity index (χ3v) is 2.60. The molecule has 3 heteroatoms. The summed E-state index contributed by atoms with van der Waals surface area (Å²) in [7, 11) is 1.29. The monoisotopic (exact) mass is 222 g/mol. The molecule has 0 aliphatic carbocycles. The Balaban J connectivity index is 2.38. The van der Waals surface area contributed by atoms with E-state index in [-0.39, 0.29) is 0 Å². The van der Waals surface area contributed by atoms with E-state index in [1.54, 1.807) is 0 Å². The zero-order chi connectivity index (χ0) is 12.0. The Morgan fingerprint density at radius 3 is 2.56 bits per heavy atom. The number of rotatable bonds is 5. The topological polar surface area (TPSA) is 46.5 Å². The molecule has 0 spiro atoms. The number of hydrogen-bond donors (Lipinski definition) is 1. The second-order valence-electron chi connectivity index (χ2n) is 4.10. The van der Waals surface area contributed by atoms with E-state index in [1.165, 1.54) is 19.6 Å². The van der Waals surface area contributed by atoms with Gasteiger partial charge in [-0.15, -0.1) is 0 Å². The first-order chi connectivity index (χ1) is 7.56. The van der Waals surface area contributed by atoms with Crippen LogP contribution < -0.4 is 0 Å². The van der Waals surface area contributed by atoms with Crippen molar-refractivity contribution >= 4 is 5.97 Å². The van der Waals surface area contributed by atoms with Gasteiger partial charge in [0.2, 0.25) is 0 Å². The van der Waals surface area contributed by atoms with Gasteiger partial charge in [-0.2, -0.15) is 0 Å². The number of benzene rings is 1. The van der Waals surface area contributed by atoms with Gasteiger partial charge < -0.3 is 9.84 Å². The molecular weight excluding hydrogens is 204 g/mol. The molecule has 1 aromatic carbocycles. The highest BCUT2D eigenvalue weighted by atomic mass is 16.5. The van der Waals surface area contributed by atoms with Gasteiger partial charge in [-0.25, -0.2) is 4.79 Å². The summed E-state index contributed by atoms with van der Waals surface area (Å²) in [5.74, 6) is -0.569. The van der Waals surface area contributed by atoms with Gasteiger partial charge in [0.25, 0.3) is 0 Å². The summed E-state index contributed by atoms with van der Waals surface area (Å²) >= 11 is 0. The Kier molecular flexibility index (Phi) is 4.50. The van der Waals surface area contributed by atoms with Crippen LogP contribution in [0.25, 0.3) is 0 Å². The maximum absolute atomic E-state index is 11.2. The predicted molar refractivity (Wildman–Crippen MR) is 62.0 cm³/mol. The predicted octanol–water partition coefficient (Wildman–Crippen LogP) is 1.93. The maximum atomic E-state index is 11.2. The molecule has 0 aromatic heterocycles. The second-order valence-corrected chi connectivity index (χ2v) is 4.10. The van der Waals surface area contributed by atoms with Crippen LogP contribution in [0.5, 0.6) is 0 Å². The average molecular weight is 222 g/mol. The smallest absolute Gasteiger partial charge is 0.337 e. The van der Waals surface area contributed by atoms with Crippen LogP contribution in [0, 0.1) is 0 Å². The fourth-order valence-electron chi connectivity index (χ4n) is 1.60. The van der Waals surface area contributed by atoms with E-state index < -0.39 is 11.6 Å². The Labute approximate surface area is 96.1 Å². The number of carbonyl (C=O) groups is 1. The maximum Gasteiger partial charge on any atom is 0.337 e. The fraction of sp³-hybridized carbons (Fsp3) is 0.462. The molecule has 3 nitrogen and oxygen atoms in total. The molecule has 1 N–H and O–H groups in total. The summed E-state index contributed by atoms with van der Waals surface area (Å²) in [5, 5.41) is 9.79. The van der Waals surface area contributed by atoms with Crippen LogP contribution in [0.2, 0.25) is 0 Å². The summed E-state index contributed by atoms with van der Waals surface area (Å²) < 4.78 is 4.53. The molecule has 0 bridgehead atoms. The van der Waals surface area contributed by atoms with E-state index >= 15 is 0 Å². The highest BCUT2D eigenvalue weighted by molar-refractivity contribution is 5.78. The lowest BCUT2D eigenvalue weighted by atomic mass is 9.97. The number of carbonyl (C=O) groups excluding carboxylic acids is 1. The third-order valence-electron chi connectivity index (χ3n) is 2.60. The van der Waals surface area contributed by atoms with Crippen molar-refractivity contribution in [3.63, 3.8) is 0 Å². The van der Waals surface area contributed by atoms with Crippen molar-refractivity contribution in [1.29, 1.82) is 0 Å². The number of aliphatic hydroxyl groups is 1. The fourth-order valence-corrected chi connectivity index (χ4v) is 1.60. The number of ether oxygens (including phenoxy) is 1. The molecule has 0 aliphatic heterocycles. The quantitative estimate of drug-likeness (QED) is 0.774. The van der Waals surface area contributed by atoms with E-state index in [0.717, 1.165) is 12.8 Å². The average Bonchev–Trinajstić information content (AvgIpc) is 2.29. The summed E-state index contributed by atoms with van der Waals surface area (Å²) in [5.41, 5.74) is -0.160.